The summed E-state index contributed by atoms with van der Waals surface area (Å²) in [7, 11) is 0. The van der Waals surface area contributed by atoms with Crippen LogP contribution in [0.25, 0.3) is 0 Å². The number of hydrogen-bond acceptors (Lipinski definition) is 3. The van der Waals surface area contributed by atoms with Gasteiger partial charge in [0.2, 0.25) is 5.95 Å². The van der Waals surface area contributed by atoms with Gasteiger partial charge in [0.1, 0.15) is 0 Å². The molecule has 2 rings (SSSR count). The first-order chi connectivity index (χ1) is 7.74. The lowest BCUT2D eigenvalue weighted by atomic mass is 9.89. The van der Waals surface area contributed by atoms with Crippen LogP contribution >= 0.6 is 11.6 Å². The summed E-state index contributed by atoms with van der Waals surface area (Å²) in [6, 6.07) is 1.91. The van der Waals surface area contributed by atoms with Crippen molar-refractivity contribution in [1.82, 2.24) is 9.97 Å². The Kier molecular flexibility index (Phi) is 3.99. The highest BCUT2D eigenvalue weighted by atomic mass is 35.5. The molecule has 88 valence electrons. The third-order valence-corrected chi connectivity index (χ3v) is 3.56. The number of aromatic nitrogens is 2. The number of hydrogen-bond donors (Lipinski definition) is 1. The second-order valence-electron chi connectivity index (χ2n) is 4.52. The molecule has 0 radical (unpaired) electrons. The van der Waals surface area contributed by atoms with Crippen molar-refractivity contribution in [2.75, 3.05) is 11.9 Å². The number of anilines is 1. The first-order valence-corrected chi connectivity index (χ1v) is 6.35. The van der Waals surface area contributed by atoms with E-state index in [1.54, 1.807) is 6.20 Å². The van der Waals surface area contributed by atoms with Crippen LogP contribution < -0.4 is 5.32 Å². The van der Waals surface area contributed by atoms with Gasteiger partial charge < -0.3 is 5.32 Å². The fourth-order valence-corrected chi connectivity index (χ4v) is 2.35. The molecule has 0 amide bonds. The van der Waals surface area contributed by atoms with Gasteiger partial charge in [0.25, 0.3) is 0 Å². The Bertz CT molecular complexity index is 335. The Labute approximate surface area is 102 Å². The fourth-order valence-electron chi connectivity index (χ4n) is 2.10. The van der Waals surface area contributed by atoms with E-state index in [9.17, 15) is 0 Å². The molecule has 0 bridgehead atoms. The van der Waals surface area contributed by atoms with Crippen molar-refractivity contribution < 1.29 is 0 Å². The molecule has 0 saturated heterocycles. The average Bonchev–Trinajstić information content (AvgIpc) is 2.28. The predicted molar refractivity (Wildman–Crippen MR) is 66.9 cm³/mol. The quantitative estimate of drug-likeness (QED) is 0.824. The van der Waals surface area contributed by atoms with Crippen LogP contribution in [-0.4, -0.2) is 21.9 Å². The maximum atomic E-state index is 6.07. The van der Waals surface area contributed by atoms with E-state index in [2.05, 4.69) is 15.3 Å². The van der Waals surface area contributed by atoms with Crippen molar-refractivity contribution in [2.24, 2.45) is 5.92 Å². The Morgan fingerprint density at radius 1 is 1.38 bits per heavy atom. The van der Waals surface area contributed by atoms with Gasteiger partial charge in [-0.05, 0) is 44.6 Å². The van der Waals surface area contributed by atoms with Crippen LogP contribution in [0.2, 0.25) is 0 Å². The van der Waals surface area contributed by atoms with Crippen LogP contribution in [0.5, 0.6) is 0 Å². The normalized spacial score (nSPS) is 25.4. The van der Waals surface area contributed by atoms with E-state index >= 15 is 0 Å². The predicted octanol–water partition coefficient (Wildman–Crippen LogP) is 2.99. The summed E-state index contributed by atoms with van der Waals surface area (Å²) in [6.45, 7) is 2.94. The second kappa shape index (κ2) is 5.48. The minimum absolute atomic E-state index is 0.395. The zero-order chi connectivity index (χ0) is 11.4. The molecule has 1 saturated carbocycles. The van der Waals surface area contributed by atoms with Crippen molar-refractivity contribution in [3.05, 3.63) is 18.0 Å². The van der Waals surface area contributed by atoms with E-state index in [-0.39, 0.29) is 0 Å². The van der Waals surface area contributed by atoms with Crippen LogP contribution in [0.15, 0.2) is 12.3 Å². The molecule has 1 heterocycles. The fraction of sp³-hybridized carbons (Fsp3) is 0.667. The molecular formula is C12H18ClN3. The Morgan fingerprint density at radius 3 is 2.81 bits per heavy atom. The number of alkyl halides is 1. The molecule has 0 spiro atoms. The highest BCUT2D eigenvalue weighted by Crippen LogP contribution is 2.27. The zero-order valence-corrected chi connectivity index (χ0v) is 10.4. The third kappa shape index (κ3) is 3.34. The zero-order valence-electron chi connectivity index (χ0n) is 9.62. The summed E-state index contributed by atoms with van der Waals surface area (Å²) in [5.74, 6) is 1.46. The molecule has 1 aliphatic rings. The number of aryl methyl sites for hydroxylation is 1. The van der Waals surface area contributed by atoms with Crippen molar-refractivity contribution in [2.45, 2.75) is 38.0 Å². The number of rotatable bonds is 3. The maximum Gasteiger partial charge on any atom is 0.222 e. The van der Waals surface area contributed by atoms with Gasteiger partial charge in [0.05, 0.1) is 0 Å². The van der Waals surface area contributed by atoms with Gasteiger partial charge in [0.15, 0.2) is 0 Å². The molecule has 0 aliphatic heterocycles. The van der Waals surface area contributed by atoms with Crippen molar-refractivity contribution in [1.29, 1.82) is 0 Å². The molecule has 0 unspecified atom stereocenters. The van der Waals surface area contributed by atoms with Crippen molar-refractivity contribution >= 4 is 17.5 Å². The van der Waals surface area contributed by atoms with Crippen molar-refractivity contribution in [3.63, 3.8) is 0 Å². The summed E-state index contributed by atoms with van der Waals surface area (Å²) in [6.07, 6.45) is 6.51. The van der Waals surface area contributed by atoms with Gasteiger partial charge >= 0.3 is 0 Å². The highest BCUT2D eigenvalue weighted by Gasteiger charge is 2.19. The smallest absolute Gasteiger partial charge is 0.222 e. The molecule has 3 nitrogen and oxygen atoms in total. The number of nitrogens with zero attached hydrogens (tertiary/aromatic N) is 2. The van der Waals surface area contributed by atoms with E-state index < -0.39 is 0 Å². The van der Waals surface area contributed by atoms with Crippen LogP contribution in [0, 0.1) is 12.8 Å². The van der Waals surface area contributed by atoms with E-state index in [0.29, 0.717) is 5.38 Å². The van der Waals surface area contributed by atoms with Crippen LogP contribution in [0.1, 0.15) is 31.4 Å². The Morgan fingerprint density at radius 2 is 2.12 bits per heavy atom. The van der Waals surface area contributed by atoms with Gasteiger partial charge in [-0.1, -0.05) is 0 Å². The van der Waals surface area contributed by atoms with Gasteiger partial charge in [0, 0.05) is 23.8 Å². The third-order valence-electron chi connectivity index (χ3n) is 3.12. The van der Waals surface area contributed by atoms with Gasteiger partial charge in [-0.3, -0.25) is 0 Å². The largest absolute Gasteiger partial charge is 0.354 e. The maximum absolute atomic E-state index is 6.07. The molecule has 0 atom stereocenters. The summed E-state index contributed by atoms with van der Waals surface area (Å²) >= 11 is 6.07. The van der Waals surface area contributed by atoms with Crippen LogP contribution in [0.3, 0.4) is 0 Å². The molecule has 1 aliphatic carbocycles. The molecule has 4 heteroatoms. The van der Waals surface area contributed by atoms with E-state index in [1.165, 1.54) is 12.8 Å². The number of halogens is 1. The lowest BCUT2D eigenvalue weighted by molar-refractivity contribution is 0.377. The first kappa shape index (κ1) is 11.6. The van der Waals surface area contributed by atoms with Crippen LogP contribution in [0.4, 0.5) is 5.95 Å². The lowest BCUT2D eigenvalue weighted by Gasteiger charge is -2.24. The highest BCUT2D eigenvalue weighted by molar-refractivity contribution is 6.20. The second-order valence-corrected chi connectivity index (χ2v) is 5.14. The van der Waals surface area contributed by atoms with E-state index in [1.807, 2.05) is 13.0 Å². The average molecular weight is 240 g/mol. The number of nitrogens with one attached hydrogen (secondary N) is 1. The first-order valence-electron chi connectivity index (χ1n) is 5.91. The Hall–Kier alpha value is -0.830. The van der Waals surface area contributed by atoms with Gasteiger partial charge in [-0.15, -0.1) is 11.6 Å². The van der Waals surface area contributed by atoms with Crippen LogP contribution in [-0.2, 0) is 0 Å². The van der Waals surface area contributed by atoms with Gasteiger partial charge in [-0.25, -0.2) is 9.97 Å². The summed E-state index contributed by atoms with van der Waals surface area (Å²) in [5.41, 5.74) is 1.00. The molecule has 16 heavy (non-hydrogen) atoms. The Balaban J connectivity index is 1.79. The lowest BCUT2D eigenvalue weighted by Crippen LogP contribution is -2.22. The monoisotopic (exact) mass is 239 g/mol. The minimum Gasteiger partial charge on any atom is -0.354 e. The molecular weight excluding hydrogens is 222 g/mol. The molecule has 1 aromatic heterocycles. The van der Waals surface area contributed by atoms with E-state index in [4.69, 9.17) is 11.6 Å². The minimum atomic E-state index is 0.395. The molecule has 0 aromatic carbocycles. The van der Waals surface area contributed by atoms with E-state index in [0.717, 1.165) is 36.9 Å². The molecule has 1 fully saturated rings. The molecule has 1 aromatic rings. The molecule has 1 N–H and O–H groups in total. The SMILES string of the molecule is Cc1ccnc(NCC2CCC(Cl)CC2)n1. The standard InChI is InChI=1S/C12H18ClN3/c1-9-6-7-14-12(16-9)15-8-10-2-4-11(13)5-3-10/h6-7,10-11H,2-5,8H2,1H3,(H,14,15,16). The summed E-state index contributed by atoms with van der Waals surface area (Å²) < 4.78 is 0. The summed E-state index contributed by atoms with van der Waals surface area (Å²) in [4.78, 5) is 8.51. The van der Waals surface area contributed by atoms with Crippen molar-refractivity contribution in [3.8, 4) is 0 Å². The topological polar surface area (TPSA) is 37.8 Å². The summed E-state index contributed by atoms with van der Waals surface area (Å²) in [5, 5.41) is 3.70. The van der Waals surface area contributed by atoms with Gasteiger partial charge in [-0.2, -0.15) is 0 Å².